The van der Waals surface area contributed by atoms with Gasteiger partial charge in [-0.05, 0) is 48.6 Å². The van der Waals surface area contributed by atoms with Crippen molar-refractivity contribution in [2.45, 2.75) is 4.34 Å². The maximum atomic E-state index is 12.5. The van der Waals surface area contributed by atoms with Gasteiger partial charge in [0.25, 0.3) is 0 Å². The van der Waals surface area contributed by atoms with Crippen molar-refractivity contribution in [3.63, 3.8) is 0 Å². The van der Waals surface area contributed by atoms with Crippen molar-refractivity contribution >= 4 is 46.9 Å². The van der Waals surface area contributed by atoms with E-state index in [4.69, 9.17) is 17.0 Å². The highest BCUT2D eigenvalue weighted by atomic mass is 32.2. The van der Waals surface area contributed by atoms with Crippen LogP contribution in [-0.2, 0) is 4.79 Å². The molecule has 3 aromatic carbocycles. The summed E-state index contributed by atoms with van der Waals surface area (Å²) in [5.41, 5.74) is 1.52. The molecule has 0 saturated heterocycles. The average molecular weight is 452 g/mol. The van der Waals surface area contributed by atoms with Gasteiger partial charge in [-0.25, -0.2) is 4.68 Å². The number of benzene rings is 3. The van der Waals surface area contributed by atoms with Crippen molar-refractivity contribution in [2.24, 2.45) is 0 Å². The smallest absolute Gasteiger partial charge is 0.234 e. The number of para-hydroxylation sites is 4. The zero-order chi connectivity index (χ0) is 20.8. The lowest BCUT2D eigenvalue weighted by Crippen LogP contribution is -2.14. The molecule has 0 radical (unpaired) electrons. The van der Waals surface area contributed by atoms with Crippen molar-refractivity contribution in [3.8, 4) is 17.2 Å². The Morgan fingerprint density at radius 1 is 1.00 bits per heavy atom. The third kappa shape index (κ3) is 5.15. The molecular formula is C22H17N3O2S3. The number of rotatable bonds is 7. The van der Waals surface area contributed by atoms with Crippen LogP contribution in [0.1, 0.15) is 0 Å². The van der Waals surface area contributed by atoms with Gasteiger partial charge in [0, 0.05) is 0 Å². The molecule has 0 fully saturated rings. The molecule has 5 nitrogen and oxygen atoms in total. The highest BCUT2D eigenvalue weighted by molar-refractivity contribution is 8.01. The van der Waals surface area contributed by atoms with E-state index in [2.05, 4.69) is 10.4 Å². The van der Waals surface area contributed by atoms with Crippen LogP contribution in [0.3, 0.4) is 0 Å². The first-order valence-electron chi connectivity index (χ1n) is 9.09. The van der Waals surface area contributed by atoms with Crippen molar-refractivity contribution < 1.29 is 9.53 Å². The summed E-state index contributed by atoms with van der Waals surface area (Å²) >= 11 is 8.15. The lowest BCUT2D eigenvalue weighted by Gasteiger charge is -2.11. The molecule has 150 valence electrons. The highest BCUT2D eigenvalue weighted by Crippen LogP contribution is 2.30. The molecule has 0 aliphatic rings. The molecule has 0 unspecified atom stereocenters. The quantitative estimate of drug-likeness (QED) is 0.268. The number of hydrogen-bond acceptors (Lipinski definition) is 6. The van der Waals surface area contributed by atoms with Crippen molar-refractivity contribution in [3.05, 3.63) is 88.9 Å². The molecule has 1 heterocycles. The summed E-state index contributed by atoms with van der Waals surface area (Å²) in [7, 11) is 0. The minimum absolute atomic E-state index is 0.142. The molecule has 0 aliphatic carbocycles. The van der Waals surface area contributed by atoms with Gasteiger partial charge in [-0.2, -0.15) is 0 Å². The third-order valence-corrected chi connectivity index (χ3v) is 6.35. The molecule has 0 spiro atoms. The predicted molar refractivity (Wildman–Crippen MR) is 125 cm³/mol. The van der Waals surface area contributed by atoms with Gasteiger partial charge in [0.15, 0.2) is 14.0 Å². The Bertz CT molecular complexity index is 1190. The van der Waals surface area contributed by atoms with Crippen molar-refractivity contribution in [1.82, 2.24) is 9.78 Å². The van der Waals surface area contributed by atoms with Gasteiger partial charge in [0.05, 0.1) is 17.1 Å². The van der Waals surface area contributed by atoms with Gasteiger partial charge in [-0.3, -0.25) is 4.79 Å². The van der Waals surface area contributed by atoms with Crippen LogP contribution >= 0.6 is 35.3 Å². The molecule has 30 heavy (non-hydrogen) atoms. The summed E-state index contributed by atoms with van der Waals surface area (Å²) in [5.74, 6) is 1.37. The van der Waals surface area contributed by atoms with Crippen LogP contribution in [0.4, 0.5) is 5.69 Å². The van der Waals surface area contributed by atoms with E-state index in [9.17, 15) is 4.79 Å². The maximum absolute atomic E-state index is 12.5. The average Bonchev–Trinajstić information content (AvgIpc) is 3.16. The van der Waals surface area contributed by atoms with E-state index in [1.807, 2.05) is 84.9 Å². The minimum atomic E-state index is -0.142. The normalized spacial score (nSPS) is 10.5. The van der Waals surface area contributed by atoms with Crippen molar-refractivity contribution in [1.29, 1.82) is 0 Å². The van der Waals surface area contributed by atoms with Gasteiger partial charge >= 0.3 is 0 Å². The fourth-order valence-corrected chi connectivity index (χ4v) is 4.80. The Labute approximate surface area is 187 Å². The number of aromatic nitrogens is 2. The second-order valence-corrected chi connectivity index (χ2v) is 8.97. The Kier molecular flexibility index (Phi) is 6.58. The molecule has 0 atom stereocenters. The van der Waals surface area contributed by atoms with E-state index in [-0.39, 0.29) is 11.7 Å². The van der Waals surface area contributed by atoms with Gasteiger partial charge in [0.1, 0.15) is 5.75 Å². The molecular weight excluding hydrogens is 434 g/mol. The number of ether oxygens (including phenoxy) is 1. The predicted octanol–water partition coefficient (Wildman–Crippen LogP) is 6.19. The lowest BCUT2D eigenvalue weighted by molar-refractivity contribution is -0.113. The Balaban J connectivity index is 1.40. The minimum Gasteiger partial charge on any atom is -0.455 e. The standard InChI is InChI=1S/C22H17N3O2S3/c26-20(15-29-21-24-25(22(28)30-21)16-9-3-1-4-10-16)23-18-13-7-8-14-19(18)27-17-11-5-2-6-12-17/h1-14H,15H2,(H,23,26). The first kappa shape index (κ1) is 20.3. The van der Waals surface area contributed by atoms with Gasteiger partial charge in [0.2, 0.25) is 5.91 Å². The summed E-state index contributed by atoms with van der Waals surface area (Å²) in [6.45, 7) is 0. The molecule has 1 amide bonds. The molecule has 0 aliphatic heterocycles. The highest BCUT2D eigenvalue weighted by Gasteiger charge is 2.12. The van der Waals surface area contributed by atoms with Crippen LogP contribution in [0.15, 0.2) is 89.3 Å². The fourth-order valence-electron chi connectivity index (χ4n) is 2.64. The van der Waals surface area contributed by atoms with E-state index in [0.29, 0.717) is 21.1 Å². The molecule has 1 aromatic heterocycles. The lowest BCUT2D eigenvalue weighted by atomic mass is 10.3. The summed E-state index contributed by atoms with van der Waals surface area (Å²) in [6.07, 6.45) is 0. The Hall–Kier alpha value is -2.94. The first-order valence-corrected chi connectivity index (χ1v) is 11.3. The van der Waals surface area contributed by atoms with E-state index in [1.54, 1.807) is 4.68 Å². The number of carbonyl (C=O) groups is 1. The zero-order valence-electron chi connectivity index (χ0n) is 15.7. The number of amides is 1. The summed E-state index contributed by atoms with van der Waals surface area (Å²) in [4.78, 5) is 12.5. The van der Waals surface area contributed by atoms with Gasteiger partial charge in [-0.1, -0.05) is 71.6 Å². The Morgan fingerprint density at radius 3 is 2.43 bits per heavy atom. The monoisotopic (exact) mass is 451 g/mol. The molecule has 8 heteroatoms. The zero-order valence-corrected chi connectivity index (χ0v) is 18.2. The molecule has 1 N–H and O–H groups in total. The van der Waals surface area contributed by atoms with E-state index in [0.717, 1.165) is 10.0 Å². The maximum Gasteiger partial charge on any atom is 0.234 e. The first-order chi connectivity index (χ1) is 14.7. The van der Waals surface area contributed by atoms with Gasteiger partial charge in [-0.15, -0.1) is 5.10 Å². The fraction of sp³-hybridized carbons (Fsp3) is 0.0455. The van der Waals surface area contributed by atoms with Crippen LogP contribution in [-0.4, -0.2) is 21.4 Å². The van der Waals surface area contributed by atoms with Crippen LogP contribution in [0.5, 0.6) is 11.5 Å². The van der Waals surface area contributed by atoms with E-state index in [1.165, 1.54) is 23.1 Å². The molecule has 0 bridgehead atoms. The number of nitrogens with one attached hydrogen (secondary N) is 1. The number of nitrogens with zero attached hydrogens (tertiary/aromatic N) is 2. The number of carbonyl (C=O) groups excluding carboxylic acids is 1. The molecule has 0 saturated carbocycles. The second-order valence-electron chi connectivity index (χ2n) is 6.13. The van der Waals surface area contributed by atoms with Crippen molar-refractivity contribution in [2.75, 3.05) is 11.1 Å². The SMILES string of the molecule is O=C(CSc1nn(-c2ccccc2)c(=S)s1)Nc1ccccc1Oc1ccccc1. The van der Waals surface area contributed by atoms with Crippen LogP contribution in [0, 0.1) is 3.95 Å². The topological polar surface area (TPSA) is 56.2 Å². The van der Waals surface area contributed by atoms with Gasteiger partial charge < -0.3 is 10.1 Å². The van der Waals surface area contributed by atoms with Crippen LogP contribution in [0.25, 0.3) is 5.69 Å². The molecule has 4 aromatic rings. The summed E-state index contributed by atoms with van der Waals surface area (Å²) in [6, 6.07) is 26.5. The number of anilines is 1. The van der Waals surface area contributed by atoms with Crippen LogP contribution in [0.2, 0.25) is 0 Å². The largest absolute Gasteiger partial charge is 0.455 e. The number of thioether (sulfide) groups is 1. The summed E-state index contributed by atoms with van der Waals surface area (Å²) in [5, 5.41) is 7.44. The third-order valence-electron chi connectivity index (χ3n) is 3.99. The van der Waals surface area contributed by atoms with E-state index < -0.39 is 0 Å². The van der Waals surface area contributed by atoms with E-state index >= 15 is 0 Å². The second kappa shape index (κ2) is 9.71. The summed E-state index contributed by atoms with van der Waals surface area (Å²) < 4.78 is 8.99. The Morgan fingerprint density at radius 2 is 1.67 bits per heavy atom. The number of hydrogen-bond donors (Lipinski definition) is 1. The van der Waals surface area contributed by atoms with Crippen LogP contribution < -0.4 is 10.1 Å². The molecule has 4 rings (SSSR count).